The summed E-state index contributed by atoms with van der Waals surface area (Å²) in [6, 6.07) is 4.20. The van der Waals surface area contributed by atoms with E-state index >= 15 is 0 Å². The Balaban J connectivity index is 1.81. The predicted molar refractivity (Wildman–Crippen MR) is 99.3 cm³/mol. The van der Waals surface area contributed by atoms with Crippen LogP contribution in [0.4, 0.5) is 4.39 Å². The van der Waals surface area contributed by atoms with Crippen molar-refractivity contribution in [2.45, 2.75) is 33.3 Å². The van der Waals surface area contributed by atoms with Crippen molar-refractivity contribution in [1.29, 1.82) is 0 Å². The van der Waals surface area contributed by atoms with Crippen LogP contribution in [0, 0.1) is 19.7 Å². The van der Waals surface area contributed by atoms with E-state index < -0.39 is 17.9 Å². The van der Waals surface area contributed by atoms with Crippen LogP contribution >= 0.6 is 22.9 Å². The summed E-state index contributed by atoms with van der Waals surface area (Å²) >= 11 is 7.34. The number of aromatic amines is 1. The minimum Gasteiger partial charge on any atom is -0.454 e. The van der Waals surface area contributed by atoms with Gasteiger partial charge in [0, 0.05) is 15.5 Å². The van der Waals surface area contributed by atoms with E-state index in [4.69, 9.17) is 16.3 Å². The van der Waals surface area contributed by atoms with Crippen molar-refractivity contribution in [2.75, 3.05) is 0 Å². The van der Waals surface area contributed by atoms with Gasteiger partial charge in [0.1, 0.15) is 10.6 Å². The fourth-order valence-corrected chi connectivity index (χ4v) is 3.87. The van der Waals surface area contributed by atoms with Crippen LogP contribution in [0.1, 0.15) is 34.9 Å². The van der Waals surface area contributed by atoms with E-state index in [1.54, 1.807) is 6.92 Å². The fraction of sp³-hybridized carbons (Fsp3) is 0.278. The number of nitrogens with one attached hydrogen (secondary N) is 1. The number of benzene rings is 1. The molecule has 0 spiro atoms. The molecular formula is C18H16ClFN2O3S. The van der Waals surface area contributed by atoms with Gasteiger partial charge in [-0.05, 0) is 38.5 Å². The third kappa shape index (κ3) is 3.50. The lowest BCUT2D eigenvalue weighted by Crippen LogP contribution is -2.18. The molecule has 0 amide bonds. The molecule has 8 heteroatoms. The molecule has 0 aliphatic carbocycles. The van der Waals surface area contributed by atoms with Gasteiger partial charge in [-0.2, -0.15) is 0 Å². The van der Waals surface area contributed by atoms with Crippen LogP contribution in [0.5, 0.6) is 0 Å². The zero-order valence-electron chi connectivity index (χ0n) is 14.4. The minimum atomic E-state index is -0.784. The molecule has 1 N–H and O–H groups in total. The van der Waals surface area contributed by atoms with Gasteiger partial charge in [0.05, 0.1) is 11.8 Å². The summed E-state index contributed by atoms with van der Waals surface area (Å²) in [5.41, 5.74) is 0.698. The highest BCUT2D eigenvalue weighted by Crippen LogP contribution is 2.27. The van der Waals surface area contributed by atoms with Gasteiger partial charge in [-0.25, -0.2) is 9.37 Å². The number of H-pyrrole nitrogens is 1. The maximum atomic E-state index is 13.8. The Bertz CT molecular complexity index is 1040. The standard InChI is InChI=1S/C18H16ClFN2O3S/c1-8-10(3)26-18-15(8)17(24)21-16(22-18)9(2)25-14(23)7-11-12(19)5-4-6-13(11)20/h4-6,9H,7H2,1-3H3,(H,21,22,24)/t9-/m0/s1. The summed E-state index contributed by atoms with van der Waals surface area (Å²) in [7, 11) is 0. The normalized spacial score (nSPS) is 12.3. The van der Waals surface area contributed by atoms with Gasteiger partial charge in [-0.15, -0.1) is 11.3 Å². The van der Waals surface area contributed by atoms with Gasteiger partial charge in [0.25, 0.3) is 5.56 Å². The summed E-state index contributed by atoms with van der Waals surface area (Å²) in [6.07, 6.45) is -1.09. The van der Waals surface area contributed by atoms with Gasteiger partial charge in [0.15, 0.2) is 11.9 Å². The van der Waals surface area contributed by atoms with Crippen LogP contribution in [0.15, 0.2) is 23.0 Å². The highest BCUT2D eigenvalue weighted by Gasteiger charge is 2.20. The van der Waals surface area contributed by atoms with Gasteiger partial charge in [-0.1, -0.05) is 17.7 Å². The lowest BCUT2D eigenvalue weighted by Gasteiger charge is -2.13. The second kappa shape index (κ2) is 7.17. The van der Waals surface area contributed by atoms with Crippen LogP contribution in [0.2, 0.25) is 5.02 Å². The maximum Gasteiger partial charge on any atom is 0.311 e. The number of halogens is 2. The SMILES string of the molecule is Cc1sc2nc([C@H](C)OC(=O)Cc3c(F)cccc3Cl)[nH]c(=O)c2c1C. The van der Waals surface area contributed by atoms with E-state index in [0.29, 0.717) is 10.2 Å². The lowest BCUT2D eigenvalue weighted by atomic mass is 10.1. The molecule has 2 heterocycles. The highest BCUT2D eigenvalue weighted by atomic mass is 35.5. The summed E-state index contributed by atoms with van der Waals surface area (Å²) in [6.45, 7) is 5.38. The fourth-order valence-electron chi connectivity index (χ4n) is 2.60. The zero-order chi connectivity index (χ0) is 19.0. The molecule has 0 bridgehead atoms. The molecular weight excluding hydrogens is 379 g/mol. The Labute approximate surface area is 157 Å². The van der Waals surface area contributed by atoms with E-state index in [1.807, 2.05) is 13.8 Å². The number of hydrogen-bond acceptors (Lipinski definition) is 5. The largest absolute Gasteiger partial charge is 0.454 e. The third-order valence-electron chi connectivity index (χ3n) is 4.13. The van der Waals surface area contributed by atoms with Gasteiger partial charge >= 0.3 is 5.97 Å². The molecule has 0 aliphatic heterocycles. The number of aryl methyl sites for hydroxylation is 2. The third-order valence-corrected chi connectivity index (χ3v) is 5.59. The number of ether oxygens (including phenoxy) is 1. The van der Waals surface area contributed by atoms with Crippen LogP contribution < -0.4 is 5.56 Å². The number of fused-ring (bicyclic) bond motifs is 1. The molecule has 0 saturated heterocycles. The van der Waals surface area contributed by atoms with E-state index in [0.717, 1.165) is 10.4 Å². The van der Waals surface area contributed by atoms with Crippen molar-refractivity contribution in [3.63, 3.8) is 0 Å². The predicted octanol–water partition coefficient (Wildman–Crippen LogP) is 4.24. The summed E-state index contributed by atoms with van der Waals surface area (Å²) in [4.78, 5) is 33.1. The average molecular weight is 395 g/mol. The van der Waals surface area contributed by atoms with Crippen molar-refractivity contribution in [3.8, 4) is 0 Å². The van der Waals surface area contributed by atoms with Crippen molar-refractivity contribution in [2.24, 2.45) is 0 Å². The molecule has 0 saturated carbocycles. The van der Waals surface area contributed by atoms with Gasteiger partial charge in [0.2, 0.25) is 0 Å². The van der Waals surface area contributed by atoms with Crippen molar-refractivity contribution in [1.82, 2.24) is 9.97 Å². The summed E-state index contributed by atoms with van der Waals surface area (Å²) in [5, 5.41) is 0.708. The first-order valence-electron chi connectivity index (χ1n) is 7.90. The molecule has 2 aromatic heterocycles. The van der Waals surface area contributed by atoms with E-state index in [-0.39, 0.29) is 28.4 Å². The number of nitrogens with zero attached hydrogens (tertiary/aromatic N) is 1. The molecule has 136 valence electrons. The first kappa shape index (κ1) is 18.5. The average Bonchev–Trinajstić information content (AvgIpc) is 2.86. The van der Waals surface area contributed by atoms with Crippen LogP contribution in [-0.2, 0) is 16.0 Å². The molecule has 0 fully saturated rings. The number of esters is 1. The monoisotopic (exact) mass is 394 g/mol. The van der Waals surface area contributed by atoms with Crippen molar-refractivity contribution < 1.29 is 13.9 Å². The first-order valence-corrected chi connectivity index (χ1v) is 9.09. The van der Waals surface area contributed by atoms with Crippen LogP contribution in [-0.4, -0.2) is 15.9 Å². The smallest absolute Gasteiger partial charge is 0.311 e. The highest BCUT2D eigenvalue weighted by molar-refractivity contribution is 7.18. The molecule has 0 unspecified atom stereocenters. The Morgan fingerprint density at radius 1 is 1.42 bits per heavy atom. The van der Waals surface area contributed by atoms with Crippen molar-refractivity contribution >= 4 is 39.1 Å². The van der Waals surface area contributed by atoms with Crippen molar-refractivity contribution in [3.05, 3.63) is 61.2 Å². The maximum absolute atomic E-state index is 13.8. The second-order valence-electron chi connectivity index (χ2n) is 5.92. The Hall–Kier alpha value is -2.25. The molecule has 1 atom stereocenters. The van der Waals surface area contributed by atoms with Crippen LogP contribution in [0.3, 0.4) is 0 Å². The van der Waals surface area contributed by atoms with Crippen LogP contribution in [0.25, 0.3) is 10.2 Å². The Kier molecular flexibility index (Phi) is 5.11. The van der Waals surface area contributed by atoms with Gasteiger partial charge in [-0.3, -0.25) is 9.59 Å². The number of hydrogen-bond donors (Lipinski definition) is 1. The number of carbonyl (C=O) groups excluding carboxylic acids is 1. The molecule has 0 aliphatic rings. The lowest BCUT2D eigenvalue weighted by molar-refractivity contribution is -0.148. The Morgan fingerprint density at radius 2 is 2.15 bits per heavy atom. The molecule has 1 aromatic carbocycles. The molecule has 0 radical (unpaired) electrons. The second-order valence-corrected chi connectivity index (χ2v) is 7.53. The minimum absolute atomic E-state index is 0.0766. The Morgan fingerprint density at radius 3 is 2.85 bits per heavy atom. The summed E-state index contributed by atoms with van der Waals surface area (Å²) in [5.74, 6) is -0.984. The number of thiophene rings is 1. The summed E-state index contributed by atoms with van der Waals surface area (Å²) < 4.78 is 19.1. The molecule has 3 rings (SSSR count). The zero-order valence-corrected chi connectivity index (χ0v) is 15.9. The van der Waals surface area contributed by atoms with E-state index in [9.17, 15) is 14.0 Å². The topological polar surface area (TPSA) is 72.0 Å². The number of carbonyl (C=O) groups is 1. The van der Waals surface area contributed by atoms with E-state index in [2.05, 4.69) is 9.97 Å². The van der Waals surface area contributed by atoms with E-state index in [1.165, 1.54) is 29.5 Å². The van der Waals surface area contributed by atoms with Gasteiger partial charge < -0.3 is 9.72 Å². The number of aromatic nitrogens is 2. The molecule has 5 nitrogen and oxygen atoms in total. The number of rotatable bonds is 4. The molecule has 3 aromatic rings. The first-order chi connectivity index (χ1) is 12.3. The molecule has 26 heavy (non-hydrogen) atoms. The quantitative estimate of drug-likeness (QED) is 0.672.